The molecule has 0 bridgehead atoms. The van der Waals surface area contributed by atoms with Crippen molar-refractivity contribution in [3.8, 4) is 0 Å². The molecule has 0 saturated heterocycles. The maximum Gasteiger partial charge on any atom is -0.0210 e. The van der Waals surface area contributed by atoms with Crippen LogP contribution < -0.4 is 0 Å². The van der Waals surface area contributed by atoms with Crippen LogP contribution in [0, 0.1) is 17.8 Å². The van der Waals surface area contributed by atoms with E-state index in [1.807, 2.05) is 5.92 Å². The average molecular weight is 205 g/mol. The van der Waals surface area contributed by atoms with Crippen molar-refractivity contribution in [3.63, 3.8) is 0 Å². The second-order valence-electron chi connectivity index (χ2n) is 5.46. The second kappa shape index (κ2) is 5.72. The molecule has 0 aromatic rings. The van der Waals surface area contributed by atoms with Gasteiger partial charge in [-0.2, -0.15) is 0 Å². The summed E-state index contributed by atoms with van der Waals surface area (Å²) < 4.78 is 0. The second-order valence-corrected chi connectivity index (χ2v) is 5.46. The fraction of sp³-hybridized carbons (Fsp3) is 0.800. The fourth-order valence-corrected chi connectivity index (χ4v) is 3.46. The van der Waals surface area contributed by atoms with Crippen LogP contribution in [0.2, 0.25) is 0 Å². The summed E-state index contributed by atoms with van der Waals surface area (Å²) in [6, 6.07) is 0. The molecule has 2 fully saturated rings. The summed E-state index contributed by atoms with van der Waals surface area (Å²) in [6.07, 6.45) is 16.6. The lowest BCUT2D eigenvalue weighted by molar-refractivity contribution is 0.261. The smallest absolute Gasteiger partial charge is 0.0210 e. The van der Waals surface area contributed by atoms with Crippen LogP contribution in [-0.4, -0.2) is 0 Å². The Kier molecular flexibility index (Phi) is 4.29. The first kappa shape index (κ1) is 11.2. The number of hydrogen-bond acceptors (Lipinski definition) is 0. The Bertz CT molecular complexity index is 180. The molecule has 2 saturated carbocycles. The number of rotatable bonds is 3. The van der Waals surface area contributed by atoms with Crippen molar-refractivity contribution in [2.24, 2.45) is 11.8 Å². The molecule has 2 rings (SSSR count). The van der Waals surface area contributed by atoms with Crippen LogP contribution in [0.5, 0.6) is 0 Å². The first-order valence-corrected chi connectivity index (χ1v) is 6.85. The third kappa shape index (κ3) is 3.09. The van der Waals surface area contributed by atoms with Gasteiger partial charge in [-0.3, -0.25) is 0 Å². The Labute approximate surface area is 95.1 Å². The van der Waals surface area contributed by atoms with Crippen LogP contribution >= 0.6 is 0 Å². The van der Waals surface area contributed by atoms with E-state index in [0.29, 0.717) is 0 Å². The summed E-state index contributed by atoms with van der Waals surface area (Å²) in [7, 11) is 0. The molecule has 85 valence electrons. The first-order chi connectivity index (χ1) is 7.40. The molecule has 2 aliphatic rings. The van der Waals surface area contributed by atoms with Crippen LogP contribution in [0.3, 0.4) is 0 Å². The highest BCUT2D eigenvalue weighted by molar-refractivity contribution is 5.00. The van der Waals surface area contributed by atoms with Crippen molar-refractivity contribution < 1.29 is 0 Å². The molecule has 0 aromatic carbocycles. The zero-order valence-electron chi connectivity index (χ0n) is 10.0. The van der Waals surface area contributed by atoms with Gasteiger partial charge in [-0.1, -0.05) is 25.3 Å². The topological polar surface area (TPSA) is 0 Å². The van der Waals surface area contributed by atoms with Crippen LogP contribution in [-0.2, 0) is 0 Å². The Balaban J connectivity index is 1.74. The van der Waals surface area contributed by atoms with E-state index in [1.165, 1.54) is 64.2 Å². The van der Waals surface area contributed by atoms with Crippen LogP contribution in [0.25, 0.3) is 0 Å². The third-order valence-electron chi connectivity index (χ3n) is 4.42. The van der Waals surface area contributed by atoms with E-state index in [9.17, 15) is 0 Å². The summed E-state index contributed by atoms with van der Waals surface area (Å²) in [6.45, 7) is 3.86. The molecule has 0 heteroatoms. The number of allylic oxidation sites excluding steroid dienone is 1. The van der Waals surface area contributed by atoms with E-state index >= 15 is 0 Å². The summed E-state index contributed by atoms with van der Waals surface area (Å²) in [5, 5.41) is 0. The Morgan fingerprint density at radius 1 is 1.00 bits per heavy atom. The van der Waals surface area contributed by atoms with Gasteiger partial charge in [0.25, 0.3) is 0 Å². The van der Waals surface area contributed by atoms with Crippen molar-refractivity contribution >= 4 is 0 Å². The molecule has 0 unspecified atom stereocenters. The van der Waals surface area contributed by atoms with Crippen molar-refractivity contribution in [1.29, 1.82) is 0 Å². The molecule has 0 aliphatic heterocycles. The van der Waals surface area contributed by atoms with Gasteiger partial charge in [0.2, 0.25) is 0 Å². The third-order valence-corrected chi connectivity index (χ3v) is 4.42. The van der Waals surface area contributed by atoms with Crippen LogP contribution in [0.1, 0.15) is 64.2 Å². The molecule has 0 heterocycles. The summed E-state index contributed by atoms with van der Waals surface area (Å²) >= 11 is 0. The van der Waals surface area contributed by atoms with Crippen molar-refractivity contribution in [2.45, 2.75) is 64.2 Å². The minimum Gasteiger partial charge on any atom is -0.103 e. The standard InChI is InChI=1S/C15H25/c1-2-6-13-9-11-15(12-10-13)14-7-4-3-5-8-14/h2,13,15H,1,3-12H2/t13-,15-. The average Bonchev–Trinajstić information content (AvgIpc) is 2.32. The van der Waals surface area contributed by atoms with E-state index in [2.05, 4.69) is 12.7 Å². The highest BCUT2D eigenvalue weighted by atomic mass is 14.3. The molecular formula is C15H25. The lowest BCUT2D eigenvalue weighted by atomic mass is 9.70. The molecule has 15 heavy (non-hydrogen) atoms. The molecule has 0 amide bonds. The molecule has 0 nitrogen and oxygen atoms in total. The summed E-state index contributed by atoms with van der Waals surface area (Å²) in [5.41, 5.74) is 0. The van der Waals surface area contributed by atoms with Gasteiger partial charge in [-0.15, -0.1) is 6.58 Å². The first-order valence-electron chi connectivity index (χ1n) is 6.85. The van der Waals surface area contributed by atoms with Gasteiger partial charge in [0.05, 0.1) is 0 Å². The highest BCUT2D eigenvalue weighted by Gasteiger charge is 2.28. The van der Waals surface area contributed by atoms with Crippen molar-refractivity contribution in [1.82, 2.24) is 0 Å². The molecular weight excluding hydrogens is 180 g/mol. The van der Waals surface area contributed by atoms with E-state index in [1.54, 1.807) is 0 Å². The van der Waals surface area contributed by atoms with Crippen LogP contribution in [0.4, 0.5) is 0 Å². The molecule has 0 atom stereocenters. The molecule has 2 aliphatic carbocycles. The molecule has 0 aromatic heterocycles. The molecule has 1 radical (unpaired) electrons. The Hall–Kier alpha value is -0.260. The van der Waals surface area contributed by atoms with Gasteiger partial charge < -0.3 is 0 Å². The molecule has 0 spiro atoms. The van der Waals surface area contributed by atoms with Gasteiger partial charge in [0.15, 0.2) is 0 Å². The lowest BCUT2D eigenvalue weighted by Crippen LogP contribution is -2.22. The van der Waals surface area contributed by atoms with E-state index in [0.717, 1.165) is 11.8 Å². The van der Waals surface area contributed by atoms with Crippen molar-refractivity contribution in [2.75, 3.05) is 0 Å². The zero-order valence-corrected chi connectivity index (χ0v) is 10.0. The fourth-order valence-electron chi connectivity index (χ4n) is 3.46. The minimum absolute atomic E-state index is 0.961. The predicted molar refractivity (Wildman–Crippen MR) is 66.6 cm³/mol. The van der Waals surface area contributed by atoms with Gasteiger partial charge in [0, 0.05) is 0 Å². The lowest BCUT2D eigenvalue weighted by Gasteiger charge is -2.35. The quantitative estimate of drug-likeness (QED) is 0.574. The predicted octanol–water partition coefficient (Wildman–Crippen LogP) is 4.91. The maximum absolute atomic E-state index is 3.86. The minimum atomic E-state index is 0.961. The Morgan fingerprint density at radius 3 is 2.27 bits per heavy atom. The van der Waals surface area contributed by atoms with Gasteiger partial charge in [0.1, 0.15) is 0 Å². The van der Waals surface area contributed by atoms with E-state index in [-0.39, 0.29) is 0 Å². The van der Waals surface area contributed by atoms with Crippen molar-refractivity contribution in [3.05, 3.63) is 18.6 Å². The largest absolute Gasteiger partial charge is 0.103 e. The van der Waals surface area contributed by atoms with E-state index < -0.39 is 0 Å². The van der Waals surface area contributed by atoms with Gasteiger partial charge in [-0.25, -0.2) is 0 Å². The van der Waals surface area contributed by atoms with E-state index in [4.69, 9.17) is 0 Å². The monoisotopic (exact) mass is 205 g/mol. The zero-order chi connectivity index (χ0) is 10.5. The molecule has 0 N–H and O–H groups in total. The van der Waals surface area contributed by atoms with Crippen LogP contribution in [0.15, 0.2) is 12.7 Å². The normalized spacial score (nSPS) is 33.9. The van der Waals surface area contributed by atoms with Gasteiger partial charge >= 0.3 is 0 Å². The summed E-state index contributed by atoms with van der Waals surface area (Å²) in [4.78, 5) is 0. The SMILES string of the molecule is C=CC[C@H]1CC[C@H]([C]2CCCCC2)CC1. The highest BCUT2D eigenvalue weighted by Crippen LogP contribution is 2.41. The maximum atomic E-state index is 3.86. The number of hydrogen-bond donors (Lipinski definition) is 0. The summed E-state index contributed by atoms with van der Waals surface area (Å²) in [5.74, 6) is 3.90. The Morgan fingerprint density at radius 2 is 1.67 bits per heavy atom. The van der Waals surface area contributed by atoms with Gasteiger partial charge in [-0.05, 0) is 62.7 Å².